The van der Waals surface area contributed by atoms with Gasteiger partial charge in [-0.1, -0.05) is 12.1 Å². The molecule has 0 saturated carbocycles. The van der Waals surface area contributed by atoms with E-state index < -0.39 is 24.0 Å². The van der Waals surface area contributed by atoms with Crippen LogP contribution in [-0.2, 0) is 4.79 Å². The van der Waals surface area contributed by atoms with Crippen LogP contribution in [-0.4, -0.2) is 52.3 Å². The minimum atomic E-state index is -4.81. The maximum atomic E-state index is 12.7. The molecule has 2 aliphatic heterocycles. The van der Waals surface area contributed by atoms with Gasteiger partial charge in [-0.15, -0.1) is 13.2 Å². The number of carbonyl (C=O) groups is 2. The number of nitrogens with zero attached hydrogens (tertiary/aromatic N) is 3. The SMILES string of the molecule is CN1CC[C@@]2(CC[C@@H](c3cc(-c4cccc(OC(F)(F)F)c4)ccn3)N2C(=O)[O-])C1=O. The quantitative estimate of drug-likeness (QED) is 0.742. The molecule has 10 heteroatoms. The minimum Gasteiger partial charge on any atom is -0.530 e. The van der Waals surface area contributed by atoms with E-state index >= 15 is 0 Å². The fourth-order valence-electron chi connectivity index (χ4n) is 4.56. The van der Waals surface area contributed by atoms with Gasteiger partial charge >= 0.3 is 6.36 Å². The number of carbonyl (C=O) groups excluding carboxylic acids is 2. The number of benzene rings is 1. The lowest BCUT2D eigenvalue weighted by atomic mass is 9.94. The van der Waals surface area contributed by atoms with E-state index in [0.29, 0.717) is 42.6 Å². The van der Waals surface area contributed by atoms with Crippen LogP contribution in [0.1, 0.15) is 31.0 Å². The highest BCUT2D eigenvalue weighted by Crippen LogP contribution is 2.47. The summed E-state index contributed by atoms with van der Waals surface area (Å²) in [5.41, 5.74) is 0.251. The van der Waals surface area contributed by atoms with E-state index in [1.54, 1.807) is 25.2 Å². The first-order valence-corrected chi connectivity index (χ1v) is 9.69. The maximum absolute atomic E-state index is 12.7. The number of hydrogen-bond acceptors (Lipinski definition) is 5. The minimum absolute atomic E-state index is 0.257. The summed E-state index contributed by atoms with van der Waals surface area (Å²) in [6, 6.07) is 8.03. The first-order chi connectivity index (χ1) is 14.6. The van der Waals surface area contributed by atoms with Crippen LogP contribution in [0.4, 0.5) is 18.0 Å². The van der Waals surface area contributed by atoms with Crippen molar-refractivity contribution in [2.45, 2.75) is 37.2 Å². The highest BCUT2D eigenvalue weighted by Gasteiger charge is 2.56. The van der Waals surface area contributed by atoms with Crippen molar-refractivity contribution in [3.63, 3.8) is 0 Å². The predicted molar refractivity (Wildman–Crippen MR) is 101 cm³/mol. The van der Waals surface area contributed by atoms with Crippen LogP contribution in [0, 0.1) is 0 Å². The number of alkyl halides is 3. The molecule has 31 heavy (non-hydrogen) atoms. The van der Waals surface area contributed by atoms with E-state index in [1.165, 1.54) is 29.3 Å². The zero-order valence-corrected chi connectivity index (χ0v) is 16.6. The Hall–Kier alpha value is -3.30. The molecule has 1 aromatic heterocycles. The standard InChI is InChI=1S/C21H20F3N3O4/c1-26-10-8-20(18(26)28)7-5-17(27(20)19(29)30)16-12-14(6-9-25-16)13-3-2-4-15(11-13)31-21(22,23)24/h2-4,6,9,11-12,17H,5,7-8,10H2,1H3,(H,29,30)/p-1/t17-,20-/m0/s1. The Labute approximate surface area is 176 Å². The number of amides is 2. The Bertz CT molecular complexity index is 1030. The molecular formula is C21H19F3N3O4-. The summed E-state index contributed by atoms with van der Waals surface area (Å²) >= 11 is 0. The maximum Gasteiger partial charge on any atom is 0.573 e. The summed E-state index contributed by atoms with van der Waals surface area (Å²) < 4.78 is 41.6. The van der Waals surface area contributed by atoms with Crippen molar-refractivity contribution in [1.82, 2.24) is 14.8 Å². The lowest BCUT2D eigenvalue weighted by Gasteiger charge is -2.38. The Morgan fingerprint density at radius 1 is 1.23 bits per heavy atom. The molecule has 2 fully saturated rings. The second-order valence-corrected chi connectivity index (χ2v) is 7.74. The molecule has 164 valence electrons. The molecule has 2 amide bonds. The molecule has 7 nitrogen and oxygen atoms in total. The van der Waals surface area contributed by atoms with Crippen LogP contribution < -0.4 is 9.84 Å². The van der Waals surface area contributed by atoms with Gasteiger partial charge in [-0.25, -0.2) is 0 Å². The first kappa shape index (κ1) is 21.0. The van der Waals surface area contributed by atoms with E-state index in [2.05, 4.69) is 9.72 Å². The third-order valence-electron chi connectivity index (χ3n) is 5.93. The molecule has 3 heterocycles. The number of carboxylic acid groups (broad SMARTS) is 1. The number of rotatable bonds is 3. The van der Waals surface area contributed by atoms with Gasteiger partial charge in [0.1, 0.15) is 17.4 Å². The van der Waals surface area contributed by atoms with Crippen LogP contribution in [0.15, 0.2) is 42.6 Å². The van der Waals surface area contributed by atoms with Gasteiger partial charge < -0.3 is 24.4 Å². The normalized spacial score (nSPS) is 23.6. The Morgan fingerprint density at radius 3 is 2.61 bits per heavy atom. The number of halogens is 3. The smallest absolute Gasteiger partial charge is 0.530 e. The number of ether oxygens (including phenoxy) is 1. The first-order valence-electron chi connectivity index (χ1n) is 9.69. The van der Waals surface area contributed by atoms with Gasteiger partial charge in [-0.2, -0.15) is 0 Å². The molecule has 0 bridgehead atoms. The lowest BCUT2D eigenvalue weighted by Crippen LogP contribution is -2.56. The van der Waals surface area contributed by atoms with Crippen molar-refractivity contribution in [2.24, 2.45) is 0 Å². The van der Waals surface area contributed by atoms with Gasteiger partial charge in [0.2, 0.25) is 5.91 Å². The van der Waals surface area contributed by atoms with Crippen molar-refractivity contribution in [2.75, 3.05) is 13.6 Å². The fourth-order valence-corrected chi connectivity index (χ4v) is 4.56. The average molecular weight is 434 g/mol. The summed E-state index contributed by atoms with van der Waals surface area (Å²) in [7, 11) is 1.63. The number of pyridine rings is 1. The summed E-state index contributed by atoms with van der Waals surface area (Å²) in [5, 5.41) is 12.0. The molecule has 0 radical (unpaired) electrons. The van der Waals surface area contributed by atoms with Gasteiger partial charge in [0.15, 0.2) is 0 Å². The second-order valence-electron chi connectivity index (χ2n) is 7.74. The molecule has 0 aliphatic carbocycles. The third-order valence-corrected chi connectivity index (χ3v) is 5.93. The Kier molecular flexibility index (Phi) is 5.03. The number of aromatic nitrogens is 1. The van der Waals surface area contributed by atoms with Gasteiger partial charge in [-0.3, -0.25) is 9.78 Å². The zero-order chi connectivity index (χ0) is 22.4. The van der Waals surface area contributed by atoms with Crippen LogP contribution in [0.2, 0.25) is 0 Å². The zero-order valence-electron chi connectivity index (χ0n) is 16.6. The van der Waals surface area contributed by atoms with Crippen molar-refractivity contribution in [3.05, 3.63) is 48.3 Å². The van der Waals surface area contributed by atoms with E-state index in [9.17, 15) is 27.9 Å². The van der Waals surface area contributed by atoms with E-state index in [-0.39, 0.29) is 11.7 Å². The largest absolute Gasteiger partial charge is 0.573 e. The summed E-state index contributed by atoms with van der Waals surface area (Å²) in [5.74, 6) is -0.619. The molecule has 0 N–H and O–H groups in total. The van der Waals surface area contributed by atoms with Gasteiger partial charge in [0.25, 0.3) is 0 Å². The highest BCUT2D eigenvalue weighted by atomic mass is 19.4. The predicted octanol–water partition coefficient (Wildman–Crippen LogP) is 2.73. The van der Waals surface area contributed by atoms with Crippen molar-refractivity contribution < 1.29 is 32.6 Å². The van der Waals surface area contributed by atoms with E-state index in [4.69, 9.17) is 0 Å². The summed E-state index contributed by atoms with van der Waals surface area (Å²) in [6.45, 7) is 0.453. The highest BCUT2D eigenvalue weighted by molar-refractivity contribution is 5.92. The second kappa shape index (κ2) is 7.44. The molecular weight excluding hydrogens is 415 g/mol. The van der Waals surface area contributed by atoms with Crippen LogP contribution in [0.25, 0.3) is 11.1 Å². The molecule has 1 spiro atoms. The molecule has 0 unspecified atom stereocenters. The topological polar surface area (TPSA) is 85.8 Å². The average Bonchev–Trinajstić information content (AvgIpc) is 3.23. The van der Waals surface area contributed by atoms with Gasteiger partial charge in [0, 0.05) is 19.8 Å². The van der Waals surface area contributed by atoms with Gasteiger partial charge in [-0.05, 0) is 54.7 Å². The van der Waals surface area contributed by atoms with Crippen molar-refractivity contribution >= 4 is 12.0 Å². The summed E-state index contributed by atoms with van der Waals surface area (Å²) in [6.07, 6.45) is -3.67. The molecule has 2 saturated heterocycles. The van der Waals surface area contributed by atoms with Gasteiger partial charge in [0.05, 0.1) is 11.7 Å². The molecule has 2 atom stereocenters. The molecule has 2 aromatic rings. The summed E-state index contributed by atoms with van der Waals surface area (Å²) in [4.78, 5) is 31.6. The Morgan fingerprint density at radius 2 is 1.97 bits per heavy atom. The third kappa shape index (κ3) is 3.77. The lowest BCUT2D eigenvalue weighted by molar-refractivity contribution is -0.274. The molecule has 1 aromatic carbocycles. The number of hydrogen-bond donors (Lipinski definition) is 0. The van der Waals surface area contributed by atoms with Crippen LogP contribution in [0.5, 0.6) is 5.75 Å². The fraction of sp³-hybridized carbons (Fsp3) is 0.381. The van der Waals surface area contributed by atoms with Crippen molar-refractivity contribution in [1.29, 1.82) is 0 Å². The molecule has 4 rings (SSSR count). The monoisotopic (exact) mass is 434 g/mol. The Balaban J connectivity index is 1.67. The number of likely N-dealkylation sites (tertiary alicyclic amines) is 2. The molecule has 2 aliphatic rings. The van der Waals surface area contributed by atoms with E-state index in [0.717, 1.165) is 4.90 Å². The van der Waals surface area contributed by atoms with E-state index in [1.807, 2.05) is 0 Å². The number of likely N-dealkylation sites (N-methyl/N-ethyl adjacent to an activating group) is 1. The van der Waals surface area contributed by atoms with Crippen LogP contribution >= 0.6 is 0 Å². The van der Waals surface area contributed by atoms with Crippen LogP contribution in [0.3, 0.4) is 0 Å². The van der Waals surface area contributed by atoms with Crippen molar-refractivity contribution in [3.8, 4) is 16.9 Å².